The molecule has 0 radical (unpaired) electrons. The summed E-state index contributed by atoms with van der Waals surface area (Å²) in [4.78, 5) is 17.0. The molecule has 0 bridgehead atoms. The summed E-state index contributed by atoms with van der Waals surface area (Å²) in [6.07, 6.45) is 2.98. The second-order valence-corrected chi connectivity index (χ2v) is 6.80. The van der Waals surface area contributed by atoms with Crippen LogP contribution in [0.4, 0.5) is 5.69 Å². The summed E-state index contributed by atoms with van der Waals surface area (Å²) < 4.78 is 11.3. The van der Waals surface area contributed by atoms with Crippen LogP contribution in [0.2, 0.25) is 0 Å². The Morgan fingerprint density at radius 2 is 2.04 bits per heavy atom. The van der Waals surface area contributed by atoms with Crippen LogP contribution in [0.5, 0.6) is 11.6 Å². The van der Waals surface area contributed by atoms with Gasteiger partial charge in [0.05, 0.1) is 5.41 Å². The van der Waals surface area contributed by atoms with Crippen molar-refractivity contribution in [3.63, 3.8) is 0 Å². The van der Waals surface area contributed by atoms with Gasteiger partial charge in [-0.3, -0.25) is 4.79 Å². The Balaban J connectivity index is 1.77. The quantitative estimate of drug-likeness (QED) is 0.860. The van der Waals surface area contributed by atoms with Crippen LogP contribution in [0.15, 0.2) is 36.5 Å². The van der Waals surface area contributed by atoms with Crippen LogP contribution >= 0.6 is 0 Å². The summed E-state index contributed by atoms with van der Waals surface area (Å²) in [7, 11) is 0. The molecule has 2 aromatic rings. The van der Waals surface area contributed by atoms with Gasteiger partial charge in [-0.25, -0.2) is 4.98 Å². The predicted molar refractivity (Wildman–Crippen MR) is 100 cm³/mol. The van der Waals surface area contributed by atoms with E-state index in [-0.39, 0.29) is 5.91 Å². The van der Waals surface area contributed by atoms with Crippen molar-refractivity contribution in [2.24, 2.45) is 11.1 Å². The molecule has 138 valence electrons. The summed E-state index contributed by atoms with van der Waals surface area (Å²) in [5, 5.41) is 2.99. The molecule has 0 unspecified atom stereocenters. The number of nitrogens with one attached hydrogen (secondary N) is 1. The number of benzene rings is 1. The number of carbonyl (C=O) groups is 1. The number of nitrogens with two attached hydrogens (primary N) is 1. The van der Waals surface area contributed by atoms with E-state index in [1.807, 2.05) is 44.2 Å². The molecule has 26 heavy (non-hydrogen) atoms. The molecule has 6 heteroatoms. The molecule has 1 aliphatic rings. The van der Waals surface area contributed by atoms with Crippen LogP contribution in [-0.2, 0) is 9.53 Å². The van der Waals surface area contributed by atoms with Crippen molar-refractivity contribution in [2.75, 3.05) is 25.1 Å². The molecule has 1 fully saturated rings. The van der Waals surface area contributed by atoms with Gasteiger partial charge in [0.15, 0.2) is 0 Å². The summed E-state index contributed by atoms with van der Waals surface area (Å²) in [5.74, 6) is 1.13. The third kappa shape index (κ3) is 4.03. The van der Waals surface area contributed by atoms with Crippen molar-refractivity contribution < 1.29 is 14.3 Å². The largest absolute Gasteiger partial charge is 0.439 e. The molecule has 0 aliphatic carbocycles. The zero-order valence-corrected chi connectivity index (χ0v) is 15.2. The Labute approximate surface area is 153 Å². The van der Waals surface area contributed by atoms with Crippen LogP contribution in [0.1, 0.15) is 24.0 Å². The number of nitrogens with zero attached hydrogens (tertiary/aromatic N) is 1. The second-order valence-electron chi connectivity index (χ2n) is 6.80. The highest BCUT2D eigenvalue weighted by Gasteiger charge is 2.38. The highest BCUT2D eigenvalue weighted by molar-refractivity contribution is 5.95. The fourth-order valence-electron chi connectivity index (χ4n) is 3.01. The lowest BCUT2D eigenvalue weighted by atomic mass is 9.79. The first-order chi connectivity index (χ1) is 12.5. The number of pyridine rings is 1. The van der Waals surface area contributed by atoms with Gasteiger partial charge in [-0.05, 0) is 49.9 Å². The minimum atomic E-state index is -0.567. The Hall–Kier alpha value is -2.44. The normalized spacial score (nSPS) is 16.1. The molecular formula is C20H25N3O3. The van der Waals surface area contributed by atoms with E-state index < -0.39 is 5.41 Å². The first-order valence-electron chi connectivity index (χ1n) is 8.83. The Morgan fingerprint density at radius 1 is 1.27 bits per heavy atom. The second kappa shape index (κ2) is 7.85. The SMILES string of the molecule is Cc1ccnc(Oc2cc(NC(=O)C3(CN)CCOCC3)ccc2C)c1. The van der Waals surface area contributed by atoms with Crippen molar-refractivity contribution in [1.82, 2.24) is 4.98 Å². The number of amides is 1. The molecule has 3 rings (SSSR count). The van der Waals surface area contributed by atoms with Crippen LogP contribution < -0.4 is 15.8 Å². The number of ether oxygens (including phenoxy) is 2. The molecule has 1 saturated heterocycles. The molecule has 0 spiro atoms. The van der Waals surface area contributed by atoms with Gasteiger partial charge < -0.3 is 20.5 Å². The fourth-order valence-corrected chi connectivity index (χ4v) is 3.01. The maximum Gasteiger partial charge on any atom is 0.232 e. The van der Waals surface area contributed by atoms with Gasteiger partial charge in [0.2, 0.25) is 11.8 Å². The topological polar surface area (TPSA) is 86.5 Å². The summed E-state index contributed by atoms with van der Waals surface area (Å²) in [6, 6.07) is 9.39. The molecule has 2 heterocycles. The van der Waals surface area contributed by atoms with E-state index in [9.17, 15) is 4.79 Å². The Bertz CT molecular complexity index is 786. The number of hydrogen-bond donors (Lipinski definition) is 2. The van der Waals surface area contributed by atoms with Crippen LogP contribution in [0.3, 0.4) is 0 Å². The molecule has 1 aliphatic heterocycles. The molecule has 1 amide bonds. The molecule has 3 N–H and O–H groups in total. The van der Waals surface area contributed by atoms with Gasteiger partial charge in [0, 0.05) is 43.8 Å². The van der Waals surface area contributed by atoms with Gasteiger partial charge in [-0.15, -0.1) is 0 Å². The Morgan fingerprint density at radius 3 is 2.73 bits per heavy atom. The van der Waals surface area contributed by atoms with Crippen molar-refractivity contribution in [2.45, 2.75) is 26.7 Å². The summed E-state index contributed by atoms with van der Waals surface area (Å²) in [5.41, 5.74) is 8.06. The van der Waals surface area contributed by atoms with E-state index in [0.717, 1.165) is 11.1 Å². The summed E-state index contributed by atoms with van der Waals surface area (Å²) in [6.45, 7) is 5.37. The number of rotatable bonds is 5. The van der Waals surface area contributed by atoms with Gasteiger partial charge >= 0.3 is 0 Å². The zero-order chi connectivity index (χ0) is 18.6. The number of aromatic nitrogens is 1. The van der Waals surface area contributed by atoms with Gasteiger partial charge in [-0.1, -0.05) is 6.07 Å². The molecule has 6 nitrogen and oxygen atoms in total. The summed E-state index contributed by atoms with van der Waals surface area (Å²) >= 11 is 0. The fraction of sp³-hybridized carbons (Fsp3) is 0.400. The van der Waals surface area contributed by atoms with Gasteiger partial charge in [0.25, 0.3) is 0 Å². The number of aryl methyl sites for hydroxylation is 2. The smallest absolute Gasteiger partial charge is 0.232 e. The maximum atomic E-state index is 12.8. The third-order valence-electron chi connectivity index (χ3n) is 4.87. The molecule has 1 aromatic heterocycles. The zero-order valence-electron chi connectivity index (χ0n) is 15.2. The lowest BCUT2D eigenvalue weighted by Crippen LogP contribution is -2.46. The molecular weight excluding hydrogens is 330 g/mol. The van der Waals surface area contributed by atoms with E-state index in [1.165, 1.54) is 0 Å². The minimum absolute atomic E-state index is 0.0632. The molecule has 0 saturated carbocycles. The van der Waals surface area contributed by atoms with Crippen LogP contribution in [0.25, 0.3) is 0 Å². The van der Waals surface area contributed by atoms with Crippen molar-refractivity contribution in [3.8, 4) is 11.6 Å². The van der Waals surface area contributed by atoms with Crippen molar-refractivity contribution >= 4 is 11.6 Å². The minimum Gasteiger partial charge on any atom is -0.439 e. The highest BCUT2D eigenvalue weighted by atomic mass is 16.5. The number of hydrogen-bond acceptors (Lipinski definition) is 5. The maximum absolute atomic E-state index is 12.8. The van der Waals surface area contributed by atoms with Crippen LogP contribution in [-0.4, -0.2) is 30.6 Å². The lowest BCUT2D eigenvalue weighted by molar-refractivity contribution is -0.130. The number of anilines is 1. The molecule has 0 atom stereocenters. The van der Waals surface area contributed by atoms with Gasteiger partial charge in [0.1, 0.15) is 5.75 Å². The molecule has 1 aromatic carbocycles. The van der Waals surface area contributed by atoms with E-state index >= 15 is 0 Å². The standard InChI is InChI=1S/C20H25N3O3/c1-14-5-8-22-18(11-14)26-17-12-16(4-3-15(17)2)23-19(24)20(13-21)6-9-25-10-7-20/h3-5,8,11-12H,6-7,9-10,13,21H2,1-2H3,(H,23,24). The average molecular weight is 355 g/mol. The predicted octanol–water partition coefficient (Wildman–Crippen LogP) is 3.18. The van der Waals surface area contributed by atoms with Crippen molar-refractivity contribution in [3.05, 3.63) is 47.7 Å². The van der Waals surface area contributed by atoms with E-state index in [4.69, 9.17) is 15.2 Å². The van der Waals surface area contributed by atoms with Crippen LogP contribution in [0, 0.1) is 19.3 Å². The van der Waals surface area contributed by atoms with Gasteiger partial charge in [-0.2, -0.15) is 0 Å². The Kier molecular flexibility index (Phi) is 5.54. The monoisotopic (exact) mass is 355 g/mol. The average Bonchev–Trinajstić information content (AvgIpc) is 2.65. The first-order valence-corrected chi connectivity index (χ1v) is 8.83. The first kappa shape index (κ1) is 18.4. The lowest BCUT2D eigenvalue weighted by Gasteiger charge is -2.34. The highest BCUT2D eigenvalue weighted by Crippen LogP contribution is 2.32. The van der Waals surface area contributed by atoms with E-state index in [0.29, 0.717) is 49.9 Å². The van der Waals surface area contributed by atoms with E-state index in [2.05, 4.69) is 10.3 Å². The van der Waals surface area contributed by atoms with Crippen molar-refractivity contribution in [1.29, 1.82) is 0 Å². The number of carbonyl (C=O) groups excluding carboxylic acids is 1. The third-order valence-corrected chi connectivity index (χ3v) is 4.87. The van der Waals surface area contributed by atoms with E-state index in [1.54, 1.807) is 6.20 Å².